The molecule has 0 radical (unpaired) electrons. The average Bonchev–Trinajstić information content (AvgIpc) is 2.98. The molecule has 244 valence electrons. The van der Waals surface area contributed by atoms with Crippen molar-refractivity contribution in [1.29, 1.82) is 0 Å². The number of halogens is 4. The lowest BCUT2D eigenvalue weighted by Gasteiger charge is -2.36. The van der Waals surface area contributed by atoms with Crippen LogP contribution in [0.2, 0.25) is 0 Å². The average molecular weight is 636 g/mol. The summed E-state index contributed by atoms with van der Waals surface area (Å²) in [6.45, 7) is 7.68. The van der Waals surface area contributed by atoms with Crippen molar-refractivity contribution in [2.24, 2.45) is 5.41 Å². The molecule has 1 atom stereocenters. The van der Waals surface area contributed by atoms with Gasteiger partial charge in [-0.3, -0.25) is 10.1 Å². The number of nitro benzene ring substituents is 1. The fourth-order valence-electron chi connectivity index (χ4n) is 5.62. The highest BCUT2D eigenvalue weighted by molar-refractivity contribution is 6.00. The van der Waals surface area contributed by atoms with Crippen LogP contribution in [0.25, 0.3) is 0 Å². The van der Waals surface area contributed by atoms with Gasteiger partial charge >= 0.3 is 23.8 Å². The highest BCUT2D eigenvalue weighted by atomic mass is 19.4. The van der Waals surface area contributed by atoms with Crippen LogP contribution in [0.3, 0.4) is 0 Å². The monoisotopic (exact) mass is 635 g/mol. The van der Waals surface area contributed by atoms with Crippen LogP contribution >= 0.6 is 0 Å². The fourth-order valence-corrected chi connectivity index (χ4v) is 5.62. The zero-order valence-corrected chi connectivity index (χ0v) is 26.0. The number of nitrogens with zero attached hydrogens (tertiary/aromatic N) is 2. The molecule has 2 aromatic rings. The molecular formula is C32H37F4N3O6. The Morgan fingerprint density at radius 2 is 1.58 bits per heavy atom. The Morgan fingerprint density at radius 3 is 2.09 bits per heavy atom. The number of nitrogens with one attached hydrogen (secondary N) is 1. The van der Waals surface area contributed by atoms with Gasteiger partial charge in [0.2, 0.25) is 5.82 Å². The molecule has 3 rings (SSSR count). The predicted molar refractivity (Wildman–Crippen MR) is 158 cm³/mol. The minimum absolute atomic E-state index is 0.0621. The number of carbonyl (C=O) groups is 2. The van der Waals surface area contributed by atoms with Crippen LogP contribution < -0.4 is 5.32 Å². The number of esters is 2. The molecule has 1 aliphatic heterocycles. The third kappa shape index (κ3) is 7.88. The van der Waals surface area contributed by atoms with Gasteiger partial charge in [0.25, 0.3) is 0 Å². The number of alkyl halides is 3. The van der Waals surface area contributed by atoms with E-state index >= 15 is 4.39 Å². The molecule has 1 aliphatic rings. The molecule has 1 heterocycles. The summed E-state index contributed by atoms with van der Waals surface area (Å²) in [7, 11) is 2.94. The summed E-state index contributed by atoms with van der Waals surface area (Å²) in [4.78, 5) is 39.2. The maximum atomic E-state index is 15.6. The van der Waals surface area contributed by atoms with E-state index in [4.69, 9.17) is 9.47 Å². The second-order valence-corrected chi connectivity index (χ2v) is 11.2. The number of carbonyl (C=O) groups excluding carboxylic acids is 2. The summed E-state index contributed by atoms with van der Waals surface area (Å²) in [6, 6.07) is 8.44. The standard InChI is InChI=1S/C32H37F4N3O6/c1-7-31(8-2,17-38(5)16-21-12-14-22(15-13-21)32(34,35)36)18-45-30(41)26-20(4)37-19(3)25(29(40)44-6)27(26)23-10-9-11-24(28(23)33)39(42)43/h9-15,27,37H,7-8,16-18H2,1-6H3. The summed E-state index contributed by atoms with van der Waals surface area (Å²) in [5.41, 5.74) is -1.32. The molecule has 0 bridgehead atoms. The molecule has 0 saturated heterocycles. The Kier molecular flexibility index (Phi) is 11.1. The Balaban J connectivity index is 1.90. The van der Waals surface area contributed by atoms with Gasteiger partial charge in [0.15, 0.2) is 0 Å². The molecule has 0 saturated carbocycles. The molecule has 9 nitrogen and oxygen atoms in total. The third-order valence-electron chi connectivity index (χ3n) is 8.25. The number of rotatable bonds is 12. The molecule has 0 spiro atoms. The van der Waals surface area contributed by atoms with Gasteiger partial charge in [-0.25, -0.2) is 9.59 Å². The summed E-state index contributed by atoms with van der Waals surface area (Å²) in [5.74, 6) is -4.24. The van der Waals surface area contributed by atoms with E-state index in [9.17, 15) is 32.9 Å². The molecule has 0 amide bonds. The van der Waals surface area contributed by atoms with E-state index in [0.717, 1.165) is 25.3 Å². The largest absolute Gasteiger partial charge is 0.466 e. The van der Waals surface area contributed by atoms with Crippen molar-refractivity contribution in [2.75, 3.05) is 27.3 Å². The minimum atomic E-state index is -4.43. The summed E-state index contributed by atoms with van der Waals surface area (Å²) in [6.07, 6.45) is -3.26. The number of ether oxygens (including phenoxy) is 2. The zero-order chi connectivity index (χ0) is 33.7. The number of nitro groups is 1. The Labute approximate surface area is 259 Å². The highest BCUT2D eigenvalue weighted by Crippen LogP contribution is 2.42. The number of allylic oxidation sites excluding steroid dienone is 2. The van der Waals surface area contributed by atoms with Crippen molar-refractivity contribution in [3.8, 4) is 0 Å². The molecule has 0 aromatic heterocycles. The Bertz CT molecular complexity index is 1500. The van der Waals surface area contributed by atoms with Gasteiger partial charge < -0.3 is 19.7 Å². The number of hydrogen-bond acceptors (Lipinski definition) is 8. The second-order valence-electron chi connectivity index (χ2n) is 11.2. The van der Waals surface area contributed by atoms with Crippen molar-refractivity contribution in [1.82, 2.24) is 10.2 Å². The van der Waals surface area contributed by atoms with Crippen molar-refractivity contribution in [3.05, 3.63) is 97.6 Å². The highest BCUT2D eigenvalue weighted by Gasteiger charge is 2.41. The lowest BCUT2D eigenvalue weighted by molar-refractivity contribution is -0.387. The van der Waals surface area contributed by atoms with Gasteiger partial charge in [0, 0.05) is 41.5 Å². The van der Waals surface area contributed by atoms with Gasteiger partial charge in [-0.05, 0) is 51.4 Å². The minimum Gasteiger partial charge on any atom is -0.466 e. The smallest absolute Gasteiger partial charge is 0.416 e. The molecule has 2 aromatic carbocycles. The number of dihydropyridines is 1. The van der Waals surface area contributed by atoms with Crippen LogP contribution in [0.1, 0.15) is 63.1 Å². The molecular weight excluding hydrogens is 598 g/mol. The molecule has 1 N–H and O–H groups in total. The third-order valence-corrected chi connectivity index (χ3v) is 8.25. The molecule has 1 unspecified atom stereocenters. The first-order valence-corrected chi connectivity index (χ1v) is 14.3. The van der Waals surface area contributed by atoms with Gasteiger partial charge in [-0.1, -0.05) is 38.1 Å². The fraction of sp³-hybridized carbons (Fsp3) is 0.438. The van der Waals surface area contributed by atoms with E-state index in [0.29, 0.717) is 31.5 Å². The van der Waals surface area contributed by atoms with Crippen LogP contribution in [0.5, 0.6) is 0 Å². The second kappa shape index (κ2) is 14.2. The summed E-state index contributed by atoms with van der Waals surface area (Å²) < 4.78 is 65.2. The molecule has 0 fully saturated rings. The summed E-state index contributed by atoms with van der Waals surface area (Å²) >= 11 is 0. The maximum absolute atomic E-state index is 15.6. The van der Waals surface area contributed by atoms with Gasteiger partial charge in [0.1, 0.15) is 0 Å². The van der Waals surface area contributed by atoms with Gasteiger partial charge in [-0.2, -0.15) is 17.6 Å². The van der Waals surface area contributed by atoms with Crippen molar-refractivity contribution in [2.45, 2.75) is 59.2 Å². The Hall–Kier alpha value is -4.26. The predicted octanol–water partition coefficient (Wildman–Crippen LogP) is 6.64. The number of hydrogen-bond donors (Lipinski definition) is 1. The number of methoxy groups -OCH3 is 1. The first-order chi connectivity index (χ1) is 21.1. The Morgan fingerprint density at radius 1 is 1.00 bits per heavy atom. The van der Waals surface area contributed by atoms with Crippen LogP contribution in [0.15, 0.2) is 65.0 Å². The van der Waals surface area contributed by atoms with Crippen LogP contribution in [0.4, 0.5) is 23.2 Å². The van der Waals surface area contributed by atoms with E-state index in [1.54, 1.807) is 13.8 Å². The first-order valence-electron chi connectivity index (χ1n) is 14.3. The topological polar surface area (TPSA) is 111 Å². The van der Waals surface area contributed by atoms with E-state index in [1.807, 2.05) is 25.8 Å². The molecule has 13 heteroatoms. The molecule has 0 aliphatic carbocycles. The van der Waals surface area contributed by atoms with E-state index in [-0.39, 0.29) is 34.7 Å². The number of benzene rings is 2. The SMILES string of the molecule is CCC(CC)(COC(=O)C1=C(C)NC(C)=C(C(=O)OC)C1c1cccc([N+](=O)[O-])c1F)CN(C)Cc1ccc(C(F)(F)F)cc1. The van der Waals surface area contributed by atoms with Crippen LogP contribution in [0, 0.1) is 21.3 Å². The van der Waals surface area contributed by atoms with Crippen molar-refractivity contribution < 1.29 is 41.5 Å². The van der Waals surface area contributed by atoms with Crippen LogP contribution in [-0.2, 0) is 31.8 Å². The van der Waals surface area contributed by atoms with Crippen molar-refractivity contribution >= 4 is 17.6 Å². The van der Waals surface area contributed by atoms with Crippen molar-refractivity contribution in [3.63, 3.8) is 0 Å². The normalized spacial score (nSPS) is 15.7. The van der Waals surface area contributed by atoms with E-state index in [1.165, 1.54) is 24.3 Å². The quantitative estimate of drug-likeness (QED) is 0.120. The summed E-state index contributed by atoms with van der Waals surface area (Å²) in [5, 5.41) is 14.5. The van der Waals surface area contributed by atoms with Gasteiger partial charge in [0.05, 0.1) is 41.3 Å². The van der Waals surface area contributed by atoms with Crippen LogP contribution in [-0.4, -0.2) is 49.1 Å². The van der Waals surface area contributed by atoms with E-state index in [2.05, 4.69) is 5.32 Å². The molecule has 45 heavy (non-hydrogen) atoms. The van der Waals surface area contributed by atoms with Gasteiger partial charge in [-0.15, -0.1) is 0 Å². The lowest BCUT2D eigenvalue weighted by atomic mass is 9.79. The maximum Gasteiger partial charge on any atom is 0.416 e. The zero-order valence-electron chi connectivity index (χ0n) is 26.0. The first kappa shape index (κ1) is 35.2. The lowest BCUT2D eigenvalue weighted by Crippen LogP contribution is -2.40. The van der Waals surface area contributed by atoms with E-state index < -0.39 is 51.4 Å².